The number of ether oxygens (including phenoxy) is 1. The molecule has 0 unspecified atom stereocenters. The Bertz CT molecular complexity index is 1040. The van der Waals surface area contributed by atoms with Crippen molar-refractivity contribution in [3.05, 3.63) is 82.3 Å². The third-order valence-corrected chi connectivity index (χ3v) is 5.34. The highest BCUT2D eigenvalue weighted by atomic mass is 35.5. The Hall–Kier alpha value is -2.67. The molecule has 0 bridgehead atoms. The number of benzene rings is 3. The van der Waals surface area contributed by atoms with Crippen LogP contribution >= 0.6 is 35.0 Å². The number of amides is 1. The third kappa shape index (κ3) is 5.90. The van der Waals surface area contributed by atoms with E-state index in [2.05, 4.69) is 5.32 Å². The van der Waals surface area contributed by atoms with E-state index in [1.54, 1.807) is 18.2 Å². The number of esters is 1. The zero-order chi connectivity index (χ0) is 20.8. The molecule has 148 valence electrons. The third-order valence-electron chi connectivity index (χ3n) is 3.77. The van der Waals surface area contributed by atoms with E-state index in [0.717, 1.165) is 9.79 Å². The highest BCUT2D eigenvalue weighted by Gasteiger charge is 2.14. The number of nitrogen functional groups attached to an aromatic ring is 1. The summed E-state index contributed by atoms with van der Waals surface area (Å²) in [5, 5.41) is 3.82. The molecule has 0 fully saturated rings. The van der Waals surface area contributed by atoms with Gasteiger partial charge in [-0.15, -0.1) is 0 Å². The van der Waals surface area contributed by atoms with Crippen LogP contribution in [0.5, 0.6) is 0 Å². The molecule has 0 aliphatic heterocycles. The Labute approximate surface area is 182 Å². The van der Waals surface area contributed by atoms with Gasteiger partial charge < -0.3 is 15.8 Å². The van der Waals surface area contributed by atoms with Crippen LogP contribution in [0.25, 0.3) is 0 Å². The van der Waals surface area contributed by atoms with Gasteiger partial charge in [-0.05, 0) is 54.6 Å². The number of hydrogen-bond acceptors (Lipinski definition) is 5. The molecule has 3 N–H and O–H groups in total. The largest absolute Gasteiger partial charge is 0.452 e. The lowest BCUT2D eigenvalue weighted by molar-refractivity contribution is -0.119. The molecule has 0 aliphatic carbocycles. The van der Waals surface area contributed by atoms with Crippen molar-refractivity contribution in [1.82, 2.24) is 0 Å². The van der Waals surface area contributed by atoms with Gasteiger partial charge in [0.1, 0.15) is 0 Å². The SMILES string of the molecule is Nc1cc(Cl)ccc1C(=O)OCC(=O)Nc1ccccc1Sc1ccc(Cl)cc1. The Morgan fingerprint density at radius 3 is 2.38 bits per heavy atom. The van der Waals surface area contributed by atoms with E-state index in [-0.39, 0.29) is 11.3 Å². The van der Waals surface area contributed by atoms with Crippen LogP contribution in [0.15, 0.2) is 76.5 Å². The number of halogens is 2. The fourth-order valence-corrected chi connectivity index (χ4v) is 3.61. The molecule has 0 radical (unpaired) electrons. The summed E-state index contributed by atoms with van der Waals surface area (Å²) in [6.45, 7) is -0.444. The van der Waals surface area contributed by atoms with Crippen LogP contribution < -0.4 is 11.1 Å². The van der Waals surface area contributed by atoms with E-state index in [9.17, 15) is 9.59 Å². The molecule has 0 saturated heterocycles. The zero-order valence-electron chi connectivity index (χ0n) is 15.0. The summed E-state index contributed by atoms with van der Waals surface area (Å²) in [6.07, 6.45) is 0. The molecule has 5 nitrogen and oxygen atoms in total. The second-order valence-corrected chi connectivity index (χ2v) is 7.90. The highest BCUT2D eigenvalue weighted by Crippen LogP contribution is 2.33. The number of nitrogens with one attached hydrogen (secondary N) is 1. The van der Waals surface area contributed by atoms with E-state index >= 15 is 0 Å². The summed E-state index contributed by atoms with van der Waals surface area (Å²) < 4.78 is 5.06. The van der Waals surface area contributed by atoms with Gasteiger partial charge in [-0.1, -0.05) is 47.1 Å². The maximum Gasteiger partial charge on any atom is 0.340 e. The molecule has 0 aliphatic rings. The van der Waals surface area contributed by atoms with Crippen molar-refractivity contribution < 1.29 is 14.3 Å². The fourth-order valence-electron chi connectivity index (χ4n) is 2.40. The van der Waals surface area contributed by atoms with Gasteiger partial charge in [0.2, 0.25) is 0 Å². The minimum absolute atomic E-state index is 0.154. The number of carbonyl (C=O) groups is 2. The molecule has 0 saturated carbocycles. The minimum atomic E-state index is -0.696. The van der Waals surface area contributed by atoms with Gasteiger partial charge in [-0.25, -0.2) is 4.79 Å². The average molecular weight is 447 g/mol. The normalized spacial score (nSPS) is 10.4. The molecule has 0 heterocycles. The molecule has 1 amide bonds. The Morgan fingerprint density at radius 1 is 0.966 bits per heavy atom. The predicted molar refractivity (Wildman–Crippen MR) is 117 cm³/mol. The zero-order valence-corrected chi connectivity index (χ0v) is 17.4. The van der Waals surface area contributed by atoms with Crippen molar-refractivity contribution >= 4 is 58.2 Å². The van der Waals surface area contributed by atoms with Gasteiger partial charge in [-0.3, -0.25) is 4.79 Å². The van der Waals surface area contributed by atoms with Gasteiger partial charge in [-0.2, -0.15) is 0 Å². The van der Waals surface area contributed by atoms with Gasteiger partial charge in [0.05, 0.1) is 11.3 Å². The predicted octanol–water partition coefficient (Wildman–Crippen LogP) is 5.52. The van der Waals surface area contributed by atoms with Crippen molar-refractivity contribution in [1.29, 1.82) is 0 Å². The van der Waals surface area contributed by atoms with Crippen LogP contribution in [-0.4, -0.2) is 18.5 Å². The smallest absolute Gasteiger partial charge is 0.340 e. The maximum atomic E-state index is 12.3. The summed E-state index contributed by atoms with van der Waals surface area (Å²) in [7, 11) is 0. The number of nitrogens with two attached hydrogens (primary N) is 1. The standard InChI is InChI=1S/C21H16Cl2N2O3S/c22-13-5-8-15(9-6-13)29-19-4-2-1-3-18(19)25-20(26)12-28-21(27)16-10-7-14(23)11-17(16)24/h1-11H,12,24H2,(H,25,26). The molecule has 0 atom stereocenters. The maximum absolute atomic E-state index is 12.3. The van der Waals surface area contributed by atoms with E-state index in [1.807, 2.05) is 30.3 Å². The van der Waals surface area contributed by atoms with E-state index in [0.29, 0.717) is 15.7 Å². The Kier molecular flexibility index (Phi) is 7.04. The highest BCUT2D eigenvalue weighted by molar-refractivity contribution is 7.99. The second-order valence-electron chi connectivity index (χ2n) is 5.91. The summed E-state index contributed by atoms with van der Waals surface area (Å²) in [4.78, 5) is 26.2. The van der Waals surface area contributed by atoms with Crippen LogP contribution in [0.1, 0.15) is 10.4 Å². The van der Waals surface area contributed by atoms with Crippen LogP contribution in [0.3, 0.4) is 0 Å². The summed E-state index contributed by atoms with van der Waals surface area (Å²) >= 11 is 13.2. The molecular weight excluding hydrogens is 431 g/mol. The summed E-state index contributed by atoms with van der Waals surface area (Å²) in [5.41, 5.74) is 6.71. The first kappa shape index (κ1) is 21.0. The Morgan fingerprint density at radius 2 is 1.66 bits per heavy atom. The molecule has 8 heteroatoms. The first-order chi connectivity index (χ1) is 13.9. The lowest BCUT2D eigenvalue weighted by atomic mass is 10.2. The summed E-state index contributed by atoms with van der Waals surface area (Å²) in [6, 6.07) is 19.1. The number of para-hydroxylation sites is 1. The molecule has 29 heavy (non-hydrogen) atoms. The average Bonchev–Trinajstić information content (AvgIpc) is 2.69. The van der Waals surface area contributed by atoms with E-state index in [1.165, 1.54) is 30.0 Å². The van der Waals surface area contributed by atoms with Crippen LogP contribution in [-0.2, 0) is 9.53 Å². The second kappa shape index (κ2) is 9.69. The number of anilines is 2. The van der Waals surface area contributed by atoms with Crippen molar-refractivity contribution in [3.8, 4) is 0 Å². The number of carbonyl (C=O) groups excluding carboxylic acids is 2. The molecular formula is C21H16Cl2N2O3S. The van der Waals surface area contributed by atoms with Crippen molar-refractivity contribution in [2.45, 2.75) is 9.79 Å². The Balaban J connectivity index is 1.62. The van der Waals surface area contributed by atoms with Gasteiger partial charge in [0.25, 0.3) is 5.91 Å². The molecule has 0 aromatic heterocycles. The van der Waals surface area contributed by atoms with Crippen LogP contribution in [0.4, 0.5) is 11.4 Å². The number of rotatable bonds is 6. The summed E-state index contributed by atoms with van der Waals surface area (Å²) in [5.74, 6) is -1.16. The number of hydrogen-bond donors (Lipinski definition) is 2. The van der Waals surface area contributed by atoms with Crippen LogP contribution in [0, 0.1) is 0 Å². The van der Waals surface area contributed by atoms with Gasteiger partial charge in [0.15, 0.2) is 6.61 Å². The van der Waals surface area contributed by atoms with Crippen LogP contribution in [0.2, 0.25) is 10.0 Å². The van der Waals surface area contributed by atoms with Crippen molar-refractivity contribution in [3.63, 3.8) is 0 Å². The monoisotopic (exact) mass is 446 g/mol. The first-order valence-corrected chi connectivity index (χ1v) is 10.0. The van der Waals surface area contributed by atoms with E-state index < -0.39 is 18.5 Å². The molecule has 3 aromatic carbocycles. The van der Waals surface area contributed by atoms with Gasteiger partial charge >= 0.3 is 5.97 Å². The van der Waals surface area contributed by atoms with Crippen molar-refractivity contribution in [2.75, 3.05) is 17.7 Å². The lowest BCUT2D eigenvalue weighted by Gasteiger charge is -2.11. The topological polar surface area (TPSA) is 81.4 Å². The molecule has 3 rings (SSSR count). The molecule has 3 aromatic rings. The minimum Gasteiger partial charge on any atom is -0.452 e. The van der Waals surface area contributed by atoms with E-state index in [4.69, 9.17) is 33.7 Å². The van der Waals surface area contributed by atoms with Gasteiger partial charge in [0, 0.05) is 25.5 Å². The fraction of sp³-hybridized carbons (Fsp3) is 0.0476. The quantitative estimate of drug-likeness (QED) is 0.384. The molecule has 0 spiro atoms. The van der Waals surface area contributed by atoms with Crippen molar-refractivity contribution in [2.24, 2.45) is 0 Å². The first-order valence-electron chi connectivity index (χ1n) is 8.47. The lowest BCUT2D eigenvalue weighted by Crippen LogP contribution is -2.21.